The molecule has 20 rings (SSSR count). The van der Waals surface area contributed by atoms with Gasteiger partial charge in [0.1, 0.15) is 54.5 Å². The number of rotatable bonds is 28. The smallest absolute Gasteiger partial charge is 0.245 e. The number of fused-ring (bicyclic) bond motifs is 6. The van der Waals surface area contributed by atoms with Gasteiger partial charge >= 0.3 is 0 Å². The number of anilines is 3. The van der Waals surface area contributed by atoms with Crippen LogP contribution in [0.3, 0.4) is 0 Å². The van der Waals surface area contributed by atoms with Gasteiger partial charge in [-0.25, -0.2) is 49.9 Å². The molecule has 0 radical (unpaired) electrons. The van der Waals surface area contributed by atoms with Gasteiger partial charge in [0.05, 0.1) is 135 Å². The summed E-state index contributed by atoms with van der Waals surface area (Å²) in [7, 11) is -5.22. The Kier molecular flexibility index (Phi) is 35.6. The Morgan fingerprint density at radius 1 is 0.410 bits per heavy atom. The molecule has 0 spiro atoms. The van der Waals surface area contributed by atoms with E-state index < -0.39 is 54.0 Å². The highest BCUT2D eigenvalue weighted by atomic mass is 32.2. The maximum atomic E-state index is 12.7. The minimum atomic E-state index is -1.13. The summed E-state index contributed by atoms with van der Waals surface area (Å²) >= 11 is 16.0. The number of nitrogens with zero attached hydrogens (tertiary/aromatic N) is 10. The second-order valence-corrected chi connectivity index (χ2v) is 50.2. The first kappa shape index (κ1) is 99.1. The van der Waals surface area contributed by atoms with E-state index in [-0.39, 0.29) is 5.25 Å². The van der Waals surface area contributed by atoms with Crippen molar-refractivity contribution in [2.45, 2.75) is 155 Å². The Morgan fingerprint density at radius 3 is 1.33 bits per heavy atom. The number of aryl methyl sites for hydroxylation is 1. The van der Waals surface area contributed by atoms with Crippen molar-refractivity contribution in [2.24, 2.45) is 9.98 Å². The Balaban J connectivity index is 0.000000123. The molecule has 0 bridgehead atoms. The van der Waals surface area contributed by atoms with E-state index >= 15 is 0 Å². The number of pyridine rings is 6. The summed E-state index contributed by atoms with van der Waals surface area (Å²) in [5.74, 6) is 5.97. The molecule has 0 saturated heterocycles. The lowest BCUT2D eigenvalue weighted by atomic mass is 10.0. The van der Waals surface area contributed by atoms with Crippen LogP contribution in [0, 0.1) is 6.92 Å². The minimum Gasteiger partial charge on any atom is -0.443 e. The zero-order valence-corrected chi connectivity index (χ0v) is 87.4. The molecule has 134 heavy (non-hydrogen) atoms. The highest BCUT2D eigenvalue weighted by molar-refractivity contribution is 8.14. The Hall–Kier alpha value is -9.34. The fraction of sp³-hybridized carbons (Fsp3) is 0.260. The fourth-order valence-electron chi connectivity index (χ4n) is 14.1. The average molecular weight is 2060 g/mol. The van der Waals surface area contributed by atoms with E-state index in [0.717, 1.165) is 205 Å². The Morgan fingerprint density at radius 2 is 0.836 bits per heavy atom. The predicted molar refractivity (Wildman–Crippen MR) is 583 cm³/mol. The lowest BCUT2D eigenvalue weighted by molar-refractivity contribution is 0.572. The van der Waals surface area contributed by atoms with Crippen LogP contribution in [0.2, 0.25) is 0 Å². The predicted octanol–water partition coefficient (Wildman–Crippen LogP) is 28.9. The van der Waals surface area contributed by atoms with Crippen molar-refractivity contribution < 1.29 is 25.5 Å². The van der Waals surface area contributed by atoms with E-state index in [9.17, 15) is 21.0 Å². The van der Waals surface area contributed by atoms with Crippen LogP contribution in [0.4, 0.5) is 28.7 Å². The SMILES string of the molecule is CC(C)S(=O)c1sc2nc(-c3cccs3)cc(-c3ccccc3)c2c1N.CCCCS(=O)C1=Nc2nc(-c3cccs3)ccc2C1.CCCCS(=O)c1nc2ccc(-c3cccs3)nc2s1.CCCCS(=O)c1sc2nc(-c3cccs3)cc(C)c2c1N.CCCCS(=O)c1sc2nc(-c3ncco3)cc(-c3ccccc3)c2c1N.CCCCSC1=Nc2nc(-c3cccs3)ccc2C1. The first-order valence-electron chi connectivity index (χ1n) is 44.1. The monoisotopic (exact) mass is 2060 g/mol. The van der Waals surface area contributed by atoms with Gasteiger partial charge in [-0.05, 0) is 172 Å². The normalized spacial score (nSPS) is 13.1. The van der Waals surface area contributed by atoms with Crippen molar-refractivity contribution in [2.75, 3.05) is 46.0 Å². The standard InChI is InChI=1S/C20H19N3O2S2.C20H18N2OS3.C16H18N2OS3.C15H16N2OS2.C15H16N2S2.C14H14N2OS3/c1-2-3-11-27(24)20-17(21)16-14(13-7-5-4-6-8-13)12-15(23-19(16)26-20)18-22-9-10-25-18;1-12(2)26(23)20-18(21)17-14(13-7-4-3-5-8-13)11-15(22-19(17)25-20)16-9-6-10-24-16;1-3-4-8-22(19)16-14(17)13-10(2)9-11(18-15(13)21-16)12-6-5-7-20-12;1-2-3-9-20(18)14-10-11-6-7-12(16-15(11)17-14)13-5-4-8-19-13;1-2-3-8-19-14-10-11-6-7-12(16-15(11)17-14)13-5-4-9-18-13;1-2-3-9-20(17)14-16-11-7-6-10(15-13(11)19-14)12-5-4-8-18-12/h4-10,12H,2-3,11,21H2,1H3;3-12H,21H2,1-2H3;5-7,9H,3-4,8,17H2,1-2H3;4-8H,2-3,9-10H2,1H3;4-7,9H,2-3,8,10H2,1H3;4-8H,2-3,9H2,1H3. The van der Waals surface area contributed by atoms with E-state index in [1.165, 1.54) is 85.7 Å². The summed E-state index contributed by atoms with van der Waals surface area (Å²) < 4.78 is 70.5. The van der Waals surface area contributed by atoms with Crippen LogP contribution in [-0.2, 0) is 66.8 Å². The molecule has 16 aromatic heterocycles. The number of aromatic nitrogens is 8. The summed E-state index contributed by atoms with van der Waals surface area (Å²) in [6.45, 7) is 16.6. The molecule has 34 heteroatoms. The van der Waals surface area contributed by atoms with Gasteiger partial charge in [-0.15, -0.1) is 102 Å². The number of aliphatic imine (C=N–C) groups is 2. The highest BCUT2D eigenvalue weighted by Crippen LogP contribution is 2.47. The average Bonchev–Trinajstić information content (AvgIpc) is 1.60. The molecule has 0 fully saturated rings. The van der Waals surface area contributed by atoms with Crippen LogP contribution < -0.4 is 17.2 Å². The van der Waals surface area contributed by atoms with Crippen molar-refractivity contribution in [3.8, 4) is 86.7 Å². The van der Waals surface area contributed by atoms with Gasteiger partial charge in [-0.3, -0.25) is 21.0 Å². The second kappa shape index (κ2) is 48.1. The molecule has 19 nitrogen and oxygen atoms in total. The van der Waals surface area contributed by atoms with Crippen LogP contribution in [0.15, 0.2) is 247 Å². The second-order valence-electron chi connectivity index (χ2n) is 31.2. The molecule has 5 atom stereocenters. The minimum absolute atomic E-state index is 0.0160. The molecular formula is C100H101N13O6S15. The van der Waals surface area contributed by atoms with Crippen molar-refractivity contribution in [3.05, 3.63) is 232 Å². The van der Waals surface area contributed by atoms with Crippen LogP contribution >= 0.6 is 114 Å². The van der Waals surface area contributed by atoms with Crippen molar-refractivity contribution in [1.29, 1.82) is 0 Å². The van der Waals surface area contributed by atoms with Crippen LogP contribution in [0.25, 0.3) is 128 Å². The summed E-state index contributed by atoms with van der Waals surface area (Å²) in [5.41, 5.74) is 34.9. The van der Waals surface area contributed by atoms with E-state index in [1.807, 2.05) is 151 Å². The topological polar surface area (TPSA) is 304 Å². The highest BCUT2D eigenvalue weighted by Gasteiger charge is 2.28. The molecule has 0 saturated carbocycles. The largest absolute Gasteiger partial charge is 0.443 e. The van der Waals surface area contributed by atoms with Gasteiger partial charge < -0.3 is 21.6 Å². The Bertz CT molecular complexity index is 7160. The zero-order chi connectivity index (χ0) is 93.7. The van der Waals surface area contributed by atoms with Gasteiger partial charge in [0.2, 0.25) is 5.89 Å². The molecular weight excluding hydrogens is 1960 g/mol. The van der Waals surface area contributed by atoms with E-state index in [4.69, 9.17) is 36.6 Å². The third-order valence-electron chi connectivity index (χ3n) is 21.2. The van der Waals surface area contributed by atoms with E-state index in [1.54, 1.807) is 62.9 Å². The number of unbranched alkanes of at least 4 members (excludes halogenated alkanes) is 5. The maximum Gasteiger partial charge on any atom is 0.245 e. The Labute approximate surface area is 833 Å². The maximum absolute atomic E-state index is 12.7. The molecule has 0 aliphatic carbocycles. The summed E-state index contributed by atoms with van der Waals surface area (Å²) in [4.78, 5) is 55.1. The van der Waals surface area contributed by atoms with Gasteiger partial charge in [0.25, 0.3) is 0 Å². The first-order chi connectivity index (χ1) is 65.3. The molecule has 2 aromatic carbocycles. The quantitative estimate of drug-likeness (QED) is 0.0384. The number of nitrogens with two attached hydrogens (primary N) is 3. The first-order valence-corrected chi connectivity index (χ1v) is 59.3. The zero-order valence-electron chi connectivity index (χ0n) is 75.2. The molecule has 0 amide bonds. The number of hydrogen-bond donors (Lipinski definition) is 3. The van der Waals surface area contributed by atoms with Crippen LogP contribution in [-0.4, -0.2) is 105 Å². The third-order valence-corrected chi connectivity index (χ3v) is 39.9. The van der Waals surface area contributed by atoms with Crippen molar-refractivity contribution >= 4 is 248 Å². The van der Waals surface area contributed by atoms with Gasteiger partial charge in [0.15, 0.2) is 16.0 Å². The molecule has 18 heterocycles. The van der Waals surface area contributed by atoms with Crippen LogP contribution in [0.5, 0.6) is 0 Å². The number of thiophene rings is 8. The van der Waals surface area contributed by atoms with Crippen LogP contribution in [0.1, 0.15) is 129 Å². The molecule has 692 valence electrons. The molecule has 2 aliphatic heterocycles. The fourth-order valence-corrected chi connectivity index (χ4v) is 30.8. The van der Waals surface area contributed by atoms with Gasteiger partial charge in [-0.1, -0.05) is 195 Å². The van der Waals surface area contributed by atoms with Crippen molar-refractivity contribution in [3.63, 3.8) is 0 Å². The van der Waals surface area contributed by atoms with E-state index in [0.29, 0.717) is 66.6 Å². The number of thioether (sulfide) groups is 1. The molecule has 2 aliphatic rings. The van der Waals surface area contributed by atoms with Gasteiger partial charge in [0, 0.05) is 68.4 Å². The lowest BCUT2D eigenvalue weighted by Crippen LogP contribution is -2.10. The molecule has 18 aromatic rings. The summed E-state index contributed by atoms with van der Waals surface area (Å²) in [6.07, 6.45) is 15.2. The van der Waals surface area contributed by atoms with Gasteiger partial charge in [-0.2, -0.15) is 0 Å². The molecule has 5 unspecified atom stereocenters. The number of oxazole rings is 1. The van der Waals surface area contributed by atoms with Crippen molar-refractivity contribution in [1.82, 2.24) is 39.9 Å². The summed E-state index contributed by atoms with van der Waals surface area (Å²) in [6, 6.07) is 59.1. The number of thiazole rings is 1. The lowest BCUT2D eigenvalue weighted by Gasteiger charge is -2.08. The van der Waals surface area contributed by atoms with E-state index in [2.05, 4.69) is 154 Å². The number of benzene rings is 2. The number of hydrogen-bond acceptors (Lipinski definition) is 29. The molecule has 6 N–H and O–H groups in total. The summed E-state index contributed by atoms with van der Waals surface area (Å²) in [5, 5.41) is 15.0. The number of nitrogen functional groups attached to an aromatic ring is 3. The third kappa shape index (κ3) is 24.4.